The Bertz CT molecular complexity index is 1030. The van der Waals surface area contributed by atoms with Gasteiger partial charge in [-0.1, -0.05) is 50.3 Å². The van der Waals surface area contributed by atoms with Gasteiger partial charge in [-0.25, -0.2) is 4.79 Å². The van der Waals surface area contributed by atoms with E-state index in [1.54, 1.807) is 12.3 Å². The number of rotatable bonds is 8. The van der Waals surface area contributed by atoms with Crippen LogP contribution in [-0.4, -0.2) is 43.3 Å². The quantitative estimate of drug-likeness (QED) is 0.418. The van der Waals surface area contributed by atoms with Crippen LogP contribution in [0.4, 0.5) is 0 Å². The minimum Gasteiger partial charge on any atom is -0.491 e. The lowest BCUT2D eigenvalue weighted by Crippen LogP contribution is -2.47. The van der Waals surface area contributed by atoms with Crippen molar-refractivity contribution < 1.29 is 19.4 Å². The SMILES string of the molecule is CC[C@@H](C)[C@@H](C(=O)O)N1C(=O)C(=Cc2ccc(-c3ccc(OC(C)C)cc3)nc2)SC1=S. The molecule has 0 saturated carbocycles. The van der Waals surface area contributed by atoms with Crippen molar-refractivity contribution >= 4 is 46.3 Å². The molecular weight excluding hydrogens is 444 g/mol. The van der Waals surface area contributed by atoms with E-state index < -0.39 is 12.0 Å². The molecule has 1 aliphatic heterocycles. The molecule has 0 aliphatic carbocycles. The van der Waals surface area contributed by atoms with Crippen molar-refractivity contribution in [3.05, 3.63) is 53.1 Å². The monoisotopic (exact) mass is 470 g/mol. The smallest absolute Gasteiger partial charge is 0.327 e. The van der Waals surface area contributed by atoms with Gasteiger partial charge in [0, 0.05) is 11.8 Å². The number of hydrogen-bond acceptors (Lipinski definition) is 6. The predicted molar refractivity (Wildman–Crippen MR) is 131 cm³/mol. The van der Waals surface area contributed by atoms with Crippen LogP contribution < -0.4 is 4.74 Å². The first-order chi connectivity index (χ1) is 15.2. The molecule has 6 nitrogen and oxygen atoms in total. The second kappa shape index (κ2) is 10.3. The van der Waals surface area contributed by atoms with Gasteiger partial charge in [0.25, 0.3) is 5.91 Å². The van der Waals surface area contributed by atoms with Gasteiger partial charge < -0.3 is 9.84 Å². The molecule has 0 unspecified atom stereocenters. The molecule has 168 valence electrons. The van der Waals surface area contributed by atoms with Crippen LogP contribution >= 0.6 is 24.0 Å². The normalized spacial score (nSPS) is 17.2. The number of hydrogen-bond donors (Lipinski definition) is 1. The average Bonchev–Trinajstić information content (AvgIpc) is 3.02. The Morgan fingerprint density at radius 1 is 1.22 bits per heavy atom. The van der Waals surface area contributed by atoms with Crippen molar-refractivity contribution in [2.75, 3.05) is 0 Å². The van der Waals surface area contributed by atoms with E-state index in [9.17, 15) is 14.7 Å². The molecule has 0 spiro atoms. The third-order valence-corrected chi connectivity index (χ3v) is 6.47. The number of thioether (sulfide) groups is 1. The van der Waals surface area contributed by atoms with E-state index in [-0.39, 0.29) is 22.2 Å². The van der Waals surface area contributed by atoms with Crippen molar-refractivity contribution in [2.24, 2.45) is 5.92 Å². The lowest BCUT2D eigenvalue weighted by Gasteiger charge is -2.27. The minimum absolute atomic E-state index is 0.113. The third-order valence-electron chi connectivity index (χ3n) is 5.14. The van der Waals surface area contributed by atoms with Crippen molar-refractivity contribution in [3.63, 3.8) is 0 Å². The Hall–Kier alpha value is -2.71. The zero-order valence-electron chi connectivity index (χ0n) is 18.4. The van der Waals surface area contributed by atoms with Gasteiger partial charge in [-0.15, -0.1) is 0 Å². The number of ether oxygens (including phenoxy) is 1. The Labute approximate surface area is 197 Å². The molecule has 8 heteroatoms. The van der Waals surface area contributed by atoms with Crippen LogP contribution in [0.2, 0.25) is 0 Å². The molecule has 3 rings (SSSR count). The number of aromatic nitrogens is 1. The Kier molecular flexibility index (Phi) is 7.69. The fourth-order valence-electron chi connectivity index (χ4n) is 3.34. The van der Waals surface area contributed by atoms with Crippen LogP contribution in [-0.2, 0) is 9.59 Å². The summed E-state index contributed by atoms with van der Waals surface area (Å²) in [4.78, 5) is 30.9. The lowest BCUT2D eigenvalue weighted by atomic mass is 9.98. The highest BCUT2D eigenvalue weighted by Crippen LogP contribution is 2.36. The maximum atomic E-state index is 12.9. The van der Waals surface area contributed by atoms with Gasteiger partial charge in [0.2, 0.25) is 0 Å². The molecule has 0 radical (unpaired) electrons. The van der Waals surface area contributed by atoms with E-state index >= 15 is 0 Å². The summed E-state index contributed by atoms with van der Waals surface area (Å²) in [5.41, 5.74) is 2.50. The zero-order chi connectivity index (χ0) is 23.4. The fourth-order valence-corrected chi connectivity index (χ4v) is 4.67. The van der Waals surface area contributed by atoms with Crippen LogP contribution in [0.25, 0.3) is 17.3 Å². The maximum absolute atomic E-state index is 12.9. The number of carbonyl (C=O) groups excluding carboxylic acids is 1. The highest BCUT2D eigenvalue weighted by molar-refractivity contribution is 8.26. The zero-order valence-corrected chi connectivity index (χ0v) is 20.1. The van der Waals surface area contributed by atoms with Crippen molar-refractivity contribution in [3.8, 4) is 17.0 Å². The number of thiocarbonyl (C=S) groups is 1. The van der Waals surface area contributed by atoms with Gasteiger partial charge in [-0.05, 0) is 61.7 Å². The second-order valence-corrected chi connectivity index (χ2v) is 9.56. The summed E-state index contributed by atoms with van der Waals surface area (Å²) in [6.45, 7) is 7.67. The summed E-state index contributed by atoms with van der Waals surface area (Å²) in [6, 6.07) is 10.5. The third kappa shape index (κ3) is 5.37. The summed E-state index contributed by atoms with van der Waals surface area (Å²) in [5, 5.41) is 9.65. The number of amides is 1. The summed E-state index contributed by atoms with van der Waals surface area (Å²) >= 11 is 6.45. The molecule has 1 aliphatic rings. The molecule has 1 N–H and O–H groups in total. The summed E-state index contributed by atoms with van der Waals surface area (Å²) in [6.07, 6.45) is 4.13. The molecule has 1 aromatic heterocycles. The van der Waals surface area contributed by atoms with E-state index in [0.717, 1.165) is 34.3 Å². The molecule has 2 atom stereocenters. The first-order valence-corrected chi connectivity index (χ1v) is 11.7. The number of carboxylic acid groups (broad SMARTS) is 1. The van der Waals surface area contributed by atoms with Gasteiger partial charge in [0.15, 0.2) is 0 Å². The summed E-state index contributed by atoms with van der Waals surface area (Å²) < 4.78 is 5.93. The highest BCUT2D eigenvalue weighted by atomic mass is 32.2. The molecule has 1 aromatic carbocycles. The van der Waals surface area contributed by atoms with Crippen LogP contribution in [0.15, 0.2) is 47.5 Å². The van der Waals surface area contributed by atoms with Crippen molar-refractivity contribution in [1.29, 1.82) is 0 Å². The number of carboxylic acids is 1. The minimum atomic E-state index is -1.05. The Morgan fingerprint density at radius 2 is 1.91 bits per heavy atom. The van der Waals surface area contributed by atoms with Crippen LogP contribution in [0.1, 0.15) is 39.7 Å². The first kappa shape index (κ1) is 23.9. The number of pyridine rings is 1. The predicted octanol–water partition coefficient (Wildman–Crippen LogP) is 5.24. The standard InChI is InChI=1S/C24H26N2O4S2/c1-5-15(4)21(23(28)29)26-22(27)20(32-24(26)31)12-16-6-11-19(25-13-16)17-7-9-18(10-8-17)30-14(2)3/h6-15,21H,5H2,1-4H3,(H,28,29)/t15-,21+/m1/s1. The van der Waals surface area contributed by atoms with E-state index in [1.165, 1.54) is 4.90 Å². The van der Waals surface area contributed by atoms with Gasteiger partial charge in [0.05, 0.1) is 16.7 Å². The van der Waals surface area contributed by atoms with Gasteiger partial charge in [-0.3, -0.25) is 14.7 Å². The fraction of sp³-hybridized carbons (Fsp3) is 0.333. The van der Waals surface area contributed by atoms with Crippen LogP contribution in [0, 0.1) is 5.92 Å². The lowest BCUT2D eigenvalue weighted by molar-refractivity contribution is -0.147. The largest absolute Gasteiger partial charge is 0.491 e. The summed E-state index contributed by atoms with van der Waals surface area (Å²) in [7, 11) is 0. The summed E-state index contributed by atoms with van der Waals surface area (Å²) in [5.74, 6) is -0.836. The molecule has 1 fully saturated rings. The maximum Gasteiger partial charge on any atom is 0.327 e. The molecule has 1 amide bonds. The average molecular weight is 471 g/mol. The molecule has 2 heterocycles. The Morgan fingerprint density at radius 3 is 2.44 bits per heavy atom. The number of nitrogens with zero attached hydrogens (tertiary/aromatic N) is 2. The second-order valence-electron chi connectivity index (χ2n) is 7.89. The highest BCUT2D eigenvalue weighted by Gasteiger charge is 2.42. The van der Waals surface area contributed by atoms with Crippen LogP contribution in [0.5, 0.6) is 5.75 Å². The van der Waals surface area contributed by atoms with Crippen molar-refractivity contribution in [2.45, 2.75) is 46.3 Å². The van der Waals surface area contributed by atoms with Gasteiger partial charge in [0.1, 0.15) is 16.1 Å². The Balaban J connectivity index is 1.78. The number of benzene rings is 1. The molecule has 2 aromatic rings. The van der Waals surface area contributed by atoms with E-state index in [4.69, 9.17) is 17.0 Å². The van der Waals surface area contributed by atoms with Crippen LogP contribution in [0.3, 0.4) is 0 Å². The topological polar surface area (TPSA) is 79.7 Å². The molecule has 0 bridgehead atoms. The molecule has 1 saturated heterocycles. The van der Waals surface area contributed by atoms with Gasteiger partial charge >= 0.3 is 5.97 Å². The van der Waals surface area contributed by atoms with E-state index in [0.29, 0.717) is 11.3 Å². The number of carbonyl (C=O) groups is 2. The van der Waals surface area contributed by atoms with E-state index in [1.807, 2.05) is 64.1 Å². The number of aliphatic carboxylic acids is 1. The molecular formula is C24H26N2O4S2. The first-order valence-electron chi connectivity index (χ1n) is 10.4. The molecule has 32 heavy (non-hydrogen) atoms. The van der Waals surface area contributed by atoms with E-state index in [2.05, 4.69) is 4.98 Å². The van der Waals surface area contributed by atoms with Gasteiger partial charge in [-0.2, -0.15) is 0 Å². The van der Waals surface area contributed by atoms with Crippen molar-refractivity contribution in [1.82, 2.24) is 9.88 Å².